The maximum Gasteiger partial charge on any atom is 0.321 e. The van der Waals surface area contributed by atoms with Crippen molar-refractivity contribution in [3.05, 3.63) is 34.9 Å². The number of imide groups is 1. The van der Waals surface area contributed by atoms with Crippen LogP contribution in [0.2, 0.25) is 5.02 Å². The fraction of sp³-hybridized carbons (Fsp3) is 0.474. The van der Waals surface area contributed by atoms with Crippen molar-refractivity contribution in [3.8, 4) is 0 Å². The molecular formula is C19H25ClN4O5. The highest BCUT2D eigenvalue weighted by Crippen LogP contribution is 2.25. The highest BCUT2D eigenvalue weighted by atomic mass is 35.5. The number of benzene rings is 1. The minimum absolute atomic E-state index is 0.0527. The quantitative estimate of drug-likeness (QED) is 0.496. The maximum atomic E-state index is 12.3. The Labute approximate surface area is 173 Å². The van der Waals surface area contributed by atoms with Gasteiger partial charge in [0, 0.05) is 11.1 Å². The molecule has 0 aliphatic heterocycles. The number of halogens is 1. The highest BCUT2D eigenvalue weighted by Gasteiger charge is 2.25. The van der Waals surface area contributed by atoms with Crippen molar-refractivity contribution in [1.82, 2.24) is 16.0 Å². The van der Waals surface area contributed by atoms with Crippen LogP contribution >= 0.6 is 11.6 Å². The topological polar surface area (TPSA) is 140 Å². The summed E-state index contributed by atoms with van der Waals surface area (Å²) >= 11 is 6.12. The number of carbonyl (C=O) groups excluding carboxylic acids is 4. The molecule has 5 amide bonds. The van der Waals surface area contributed by atoms with Crippen molar-refractivity contribution in [2.24, 2.45) is 5.73 Å². The van der Waals surface area contributed by atoms with Crippen LogP contribution in [0.1, 0.15) is 50.6 Å². The summed E-state index contributed by atoms with van der Waals surface area (Å²) in [6.45, 7) is 1.35. The average molecular weight is 425 g/mol. The Kier molecular flexibility index (Phi) is 8.26. The Morgan fingerprint density at radius 2 is 1.86 bits per heavy atom. The first-order valence-electron chi connectivity index (χ1n) is 9.37. The van der Waals surface area contributed by atoms with Crippen molar-refractivity contribution in [2.75, 3.05) is 0 Å². The summed E-state index contributed by atoms with van der Waals surface area (Å²) in [5, 5.41) is 7.65. The van der Waals surface area contributed by atoms with Crippen molar-refractivity contribution in [3.63, 3.8) is 0 Å². The molecule has 158 valence electrons. The van der Waals surface area contributed by atoms with Gasteiger partial charge in [0.2, 0.25) is 0 Å². The molecule has 0 saturated heterocycles. The third-order valence-corrected chi connectivity index (χ3v) is 4.92. The molecule has 0 unspecified atom stereocenters. The van der Waals surface area contributed by atoms with Gasteiger partial charge in [0.1, 0.15) is 0 Å². The van der Waals surface area contributed by atoms with Crippen molar-refractivity contribution in [2.45, 2.75) is 57.2 Å². The third kappa shape index (κ3) is 7.26. The predicted octanol–water partition coefficient (Wildman–Crippen LogP) is 2.14. The molecule has 2 atom stereocenters. The molecule has 1 saturated carbocycles. The average Bonchev–Trinajstić information content (AvgIpc) is 3.13. The number of primary amides is 1. The number of amides is 5. The van der Waals surface area contributed by atoms with Gasteiger partial charge in [-0.1, -0.05) is 42.6 Å². The van der Waals surface area contributed by atoms with Crippen LogP contribution in [-0.2, 0) is 14.3 Å². The van der Waals surface area contributed by atoms with Gasteiger partial charge < -0.3 is 21.1 Å². The number of ether oxygens (including phenoxy) is 1. The van der Waals surface area contributed by atoms with Crippen LogP contribution in [0, 0.1) is 0 Å². The highest BCUT2D eigenvalue weighted by molar-refractivity contribution is 6.31. The zero-order valence-electron chi connectivity index (χ0n) is 16.1. The van der Waals surface area contributed by atoms with Crippen molar-refractivity contribution < 1.29 is 23.9 Å². The summed E-state index contributed by atoms with van der Waals surface area (Å²) in [5.41, 5.74) is 5.66. The molecule has 1 aliphatic carbocycles. The molecule has 29 heavy (non-hydrogen) atoms. The van der Waals surface area contributed by atoms with E-state index in [1.54, 1.807) is 24.3 Å². The number of urea groups is 2. The Balaban J connectivity index is 1.89. The second-order valence-corrected chi connectivity index (χ2v) is 7.27. The predicted molar refractivity (Wildman–Crippen MR) is 106 cm³/mol. The minimum atomic E-state index is -1.20. The first-order chi connectivity index (χ1) is 13.8. The van der Waals surface area contributed by atoms with Crippen molar-refractivity contribution >= 4 is 35.5 Å². The molecular weight excluding hydrogens is 400 g/mol. The number of nitrogens with one attached hydrogen (secondary N) is 3. The van der Waals surface area contributed by atoms with Gasteiger partial charge in [0.15, 0.2) is 6.10 Å². The van der Waals surface area contributed by atoms with Gasteiger partial charge in [-0.2, -0.15) is 0 Å². The van der Waals surface area contributed by atoms with E-state index in [1.165, 1.54) is 6.92 Å². The molecule has 1 aromatic rings. The maximum absolute atomic E-state index is 12.3. The molecule has 0 heterocycles. The van der Waals surface area contributed by atoms with Crippen LogP contribution < -0.4 is 21.7 Å². The third-order valence-electron chi connectivity index (χ3n) is 4.57. The number of esters is 1. The van der Waals surface area contributed by atoms with Gasteiger partial charge in [-0.3, -0.25) is 14.9 Å². The van der Waals surface area contributed by atoms with E-state index in [2.05, 4.69) is 16.0 Å². The molecule has 0 spiro atoms. The Morgan fingerprint density at radius 3 is 2.48 bits per heavy atom. The van der Waals surface area contributed by atoms with Gasteiger partial charge in [-0.15, -0.1) is 0 Å². The van der Waals surface area contributed by atoms with Gasteiger partial charge in [0.05, 0.1) is 12.5 Å². The lowest BCUT2D eigenvalue weighted by molar-refractivity contribution is -0.154. The summed E-state index contributed by atoms with van der Waals surface area (Å²) < 4.78 is 5.09. The molecule has 1 aliphatic rings. The number of hydrogen-bond donors (Lipinski definition) is 4. The van der Waals surface area contributed by atoms with E-state index in [0.29, 0.717) is 10.6 Å². The lowest BCUT2D eigenvalue weighted by atomic mass is 10.0. The van der Waals surface area contributed by atoms with E-state index in [1.807, 2.05) is 0 Å². The zero-order valence-corrected chi connectivity index (χ0v) is 16.8. The van der Waals surface area contributed by atoms with E-state index in [9.17, 15) is 19.2 Å². The van der Waals surface area contributed by atoms with Crippen LogP contribution in [-0.4, -0.2) is 36.1 Å². The van der Waals surface area contributed by atoms with Crippen LogP contribution in [0.3, 0.4) is 0 Å². The van der Waals surface area contributed by atoms with Gasteiger partial charge in [-0.05, 0) is 31.4 Å². The molecule has 1 fully saturated rings. The van der Waals surface area contributed by atoms with Crippen LogP contribution in [0.25, 0.3) is 0 Å². The molecule has 10 heteroatoms. The lowest BCUT2D eigenvalue weighted by Crippen LogP contribution is -2.47. The minimum Gasteiger partial charge on any atom is -0.452 e. The first-order valence-corrected chi connectivity index (χ1v) is 9.75. The Bertz CT molecular complexity index is 767. The fourth-order valence-corrected chi connectivity index (χ4v) is 3.41. The van der Waals surface area contributed by atoms with Gasteiger partial charge in [-0.25, -0.2) is 9.59 Å². The number of hydrogen-bond acceptors (Lipinski definition) is 5. The van der Waals surface area contributed by atoms with Gasteiger partial charge in [0.25, 0.3) is 5.91 Å². The van der Waals surface area contributed by atoms with E-state index < -0.39 is 36.1 Å². The standard InChI is InChI=1S/C19H25ClN4O5/c1-11(17(26)24-19(28)22-12-6-2-3-7-12)29-16(25)10-15(23-18(21)27)13-8-4-5-9-14(13)20/h4-5,8-9,11-12,15H,2-3,6-7,10H2,1H3,(H3,21,23,27)(H2,22,24,26,28)/t11-,15-/m1/s1. The number of carbonyl (C=O) groups is 4. The number of rotatable bonds is 7. The molecule has 0 radical (unpaired) electrons. The zero-order chi connectivity index (χ0) is 21.4. The van der Waals surface area contributed by atoms with E-state index >= 15 is 0 Å². The van der Waals surface area contributed by atoms with Crippen LogP contribution in [0.5, 0.6) is 0 Å². The van der Waals surface area contributed by atoms with E-state index in [4.69, 9.17) is 22.1 Å². The molecule has 2 rings (SSSR count). The summed E-state index contributed by atoms with van der Waals surface area (Å²) in [6.07, 6.45) is 2.35. The van der Waals surface area contributed by atoms with E-state index in [-0.39, 0.29) is 12.5 Å². The summed E-state index contributed by atoms with van der Waals surface area (Å²) in [5.74, 6) is -1.51. The van der Waals surface area contributed by atoms with E-state index in [0.717, 1.165) is 25.7 Å². The molecule has 1 aromatic carbocycles. The van der Waals surface area contributed by atoms with Crippen molar-refractivity contribution in [1.29, 1.82) is 0 Å². The summed E-state index contributed by atoms with van der Waals surface area (Å²) in [4.78, 5) is 47.5. The van der Waals surface area contributed by atoms with Gasteiger partial charge >= 0.3 is 18.0 Å². The number of nitrogens with two attached hydrogens (primary N) is 1. The largest absolute Gasteiger partial charge is 0.452 e. The molecule has 0 aromatic heterocycles. The normalized spacial score (nSPS) is 15.8. The second kappa shape index (κ2) is 10.7. The smallest absolute Gasteiger partial charge is 0.321 e. The fourth-order valence-electron chi connectivity index (χ4n) is 3.14. The summed E-state index contributed by atoms with van der Waals surface area (Å²) in [6, 6.07) is 4.42. The first kappa shape index (κ1) is 22.5. The van der Waals surface area contributed by atoms with Crippen LogP contribution in [0.15, 0.2) is 24.3 Å². The summed E-state index contributed by atoms with van der Waals surface area (Å²) in [7, 11) is 0. The van der Waals surface area contributed by atoms with Crippen LogP contribution in [0.4, 0.5) is 9.59 Å². The molecule has 5 N–H and O–H groups in total. The second-order valence-electron chi connectivity index (χ2n) is 6.86. The Morgan fingerprint density at radius 1 is 1.21 bits per heavy atom. The molecule has 0 bridgehead atoms. The Hall–Kier alpha value is -2.81. The SMILES string of the molecule is C[C@@H](OC(=O)C[C@@H](NC(N)=O)c1ccccc1Cl)C(=O)NC(=O)NC1CCCC1. The monoisotopic (exact) mass is 424 g/mol. The molecule has 9 nitrogen and oxygen atoms in total. The lowest BCUT2D eigenvalue weighted by Gasteiger charge is -2.20.